The number of ketones is 1. The summed E-state index contributed by atoms with van der Waals surface area (Å²) in [6, 6.07) is 10.9. The molecule has 0 fully saturated rings. The molecule has 0 saturated carbocycles. The van der Waals surface area contributed by atoms with E-state index in [2.05, 4.69) is 10.3 Å². The Balaban J connectivity index is 1.83. The molecule has 1 aliphatic carbocycles. The lowest BCUT2D eigenvalue weighted by molar-refractivity contribution is 0.0949. The van der Waals surface area contributed by atoms with E-state index in [9.17, 15) is 14.4 Å². The Kier molecular flexibility index (Phi) is 4.10. The van der Waals surface area contributed by atoms with Gasteiger partial charge in [-0.05, 0) is 24.0 Å². The average Bonchev–Trinajstić information content (AvgIpc) is 2.53. The van der Waals surface area contributed by atoms with Gasteiger partial charge in [-0.15, -0.1) is 0 Å². The highest BCUT2D eigenvalue weighted by Gasteiger charge is 2.25. The molecule has 1 aromatic carbocycles. The summed E-state index contributed by atoms with van der Waals surface area (Å²) in [6.45, 7) is 2.31. The first-order valence-corrected chi connectivity index (χ1v) is 7.66. The van der Waals surface area contributed by atoms with Crippen LogP contribution in [0.25, 0.3) is 0 Å². The Bertz CT molecular complexity index is 809. The van der Waals surface area contributed by atoms with E-state index >= 15 is 0 Å². The lowest BCUT2D eigenvalue weighted by atomic mass is 9.86. The molecule has 1 aliphatic rings. The van der Waals surface area contributed by atoms with Crippen molar-refractivity contribution >= 4 is 11.7 Å². The summed E-state index contributed by atoms with van der Waals surface area (Å²) in [7, 11) is 0. The number of nitrogens with one attached hydrogen (secondary N) is 2. The SMILES string of the molecule is CC1CC(=O)c2cc(C(=O)NCc3ccccc3)c(=O)[nH]c2C1. The number of carbonyl (C=O) groups excluding carboxylic acids is 2. The van der Waals surface area contributed by atoms with Gasteiger partial charge < -0.3 is 10.3 Å². The second-order valence-electron chi connectivity index (χ2n) is 6.01. The number of Topliss-reactive ketones (excluding diaryl/α,β-unsaturated/α-hetero) is 1. The fraction of sp³-hybridized carbons (Fsp3) is 0.278. The maximum atomic E-state index is 12.3. The number of pyridine rings is 1. The molecule has 0 aliphatic heterocycles. The number of aromatic amines is 1. The molecule has 1 atom stereocenters. The second kappa shape index (κ2) is 6.20. The van der Waals surface area contributed by atoms with Gasteiger partial charge in [0.15, 0.2) is 5.78 Å². The molecular weight excluding hydrogens is 292 g/mol. The normalized spacial score (nSPS) is 16.7. The van der Waals surface area contributed by atoms with Crippen LogP contribution >= 0.6 is 0 Å². The summed E-state index contributed by atoms with van der Waals surface area (Å²) in [5.41, 5.74) is 1.59. The van der Waals surface area contributed by atoms with Crippen molar-refractivity contribution in [2.75, 3.05) is 0 Å². The van der Waals surface area contributed by atoms with Gasteiger partial charge in [0, 0.05) is 24.2 Å². The quantitative estimate of drug-likeness (QED) is 0.911. The summed E-state index contributed by atoms with van der Waals surface area (Å²) >= 11 is 0. The van der Waals surface area contributed by atoms with E-state index in [0.29, 0.717) is 30.6 Å². The average molecular weight is 310 g/mol. The summed E-state index contributed by atoms with van der Waals surface area (Å²) in [5.74, 6) is -0.278. The molecule has 1 heterocycles. The molecule has 1 amide bonds. The number of carbonyl (C=O) groups is 2. The van der Waals surface area contributed by atoms with Crippen LogP contribution in [-0.4, -0.2) is 16.7 Å². The molecule has 118 valence electrons. The Hall–Kier alpha value is -2.69. The van der Waals surface area contributed by atoms with Crippen molar-refractivity contribution in [2.45, 2.75) is 26.3 Å². The Labute approximate surface area is 133 Å². The van der Waals surface area contributed by atoms with Crippen LogP contribution in [0.15, 0.2) is 41.2 Å². The maximum absolute atomic E-state index is 12.3. The van der Waals surface area contributed by atoms with Crippen molar-refractivity contribution in [3.63, 3.8) is 0 Å². The van der Waals surface area contributed by atoms with Crippen LogP contribution in [0.3, 0.4) is 0 Å². The lowest BCUT2D eigenvalue weighted by Crippen LogP contribution is -2.32. The van der Waals surface area contributed by atoms with E-state index in [1.165, 1.54) is 6.07 Å². The lowest BCUT2D eigenvalue weighted by Gasteiger charge is -2.20. The topological polar surface area (TPSA) is 79.0 Å². The molecule has 0 saturated heterocycles. The molecule has 5 nitrogen and oxygen atoms in total. The predicted octanol–water partition coefficient (Wildman–Crippen LogP) is 2.07. The van der Waals surface area contributed by atoms with Crippen LogP contribution < -0.4 is 10.9 Å². The molecule has 1 aromatic heterocycles. The molecule has 5 heteroatoms. The first-order chi connectivity index (χ1) is 11.0. The van der Waals surface area contributed by atoms with Crippen molar-refractivity contribution in [2.24, 2.45) is 5.92 Å². The van der Waals surface area contributed by atoms with Crippen LogP contribution in [0.4, 0.5) is 0 Å². The molecule has 0 radical (unpaired) electrons. The summed E-state index contributed by atoms with van der Waals surface area (Å²) in [6.07, 6.45) is 1.10. The van der Waals surface area contributed by atoms with Crippen LogP contribution in [0.5, 0.6) is 0 Å². The van der Waals surface area contributed by atoms with Crippen molar-refractivity contribution in [1.29, 1.82) is 0 Å². The Morgan fingerprint density at radius 2 is 1.96 bits per heavy atom. The first-order valence-electron chi connectivity index (χ1n) is 7.66. The number of hydrogen-bond donors (Lipinski definition) is 2. The highest BCUT2D eigenvalue weighted by Crippen LogP contribution is 2.23. The minimum absolute atomic E-state index is 0.0115. The summed E-state index contributed by atoms with van der Waals surface area (Å²) < 4.78 is 0. The summed E-state index contributed by atoms with van der Waals surface area (Å²) in [4.78, 5) is 39.2. The van der Waals surface area contributed by atoms with Gasteiger partial charge in [0.25, 0.3) is 11.5 Å². The number of benzene rings is 1. The maximum Gasteiger partial charge on any atom is 0.261 e. The van der Waals surface area contributed by atoms with Gasteiger partial charge in [-0.2, -0.15) is 0 Å². The third kappa shape index (κ3) is 3.23. The minimum atomic E-state index is -0.468. The van der Waals surface area contributed by atoms with Crippen LogP contribution in [0.1, 0.15) is 45.3 Å². The van der Waals surface area contributed by atoms with E-state index in [4.69, 9.17) is 0 Å². The third-order valence-electron chi connectivity index (χ3n) is 4.05. The standard InChI is InChI=1S/C18H18N2O3/c1-11-7-15-13(16(21)8-11)9-14(18(23)20-15)17(22)19-10-12-5-3-2-4-6-12/h2-6,9,11H,7-8,10H2,1H3,(H,19,22)(H,20,23). The molecular formula is C18H18N2O3. The van der Waals surface area contributed by atoms with Crippen molar-refractivity contribution < 1.29 is 9.59 Å². The van der Waals surface area contributed by atoms with Crippen LogP contribution in [0, 0.1) is 5.92 Å². The smallest absolute Gasteiger partial charge is 0.261 e. The zero-order valence-corrected chi connectivity index (χ0v) is 12.9. The van der Waals surface area contributed by atoms with E-state index < -0.39 is 11.5 Å². The van der Waals surface area contributed by atoms with Gasteiger partial charge in [-0.1, -0.05) is 37.3 Å². The van der Waals surface area contributed by atoms with Gasteiger partial charge in [-0.25, -0.2) is 0 Å². The molecule has 0 bridgehead atoms. The highest BCUT2D eigenvalue weighted by atomic mass is 16.2. The van der Waals surface area contributed by atoms with Gasteiger partial charge in [0.05, 0.1) is 0 Å². The molecule has 1 unspecified atom stereocenters. The largest absolute Gasteiger partial charge is 0.348 e. The molecule has 2 N–H and O–H groups in total. The predicted molar refractivity (Wildman–Crippen MR) is 86.5 cm³/mol. The fourth-order valence-corrected chi connectivity index (χ4v) is 2.87. The minimum Gasteiger partial charge on any atom is -0.348 e. The van der Waals surface area contributed by atoms with E-state index in [0.717, 1.165) is 5.56 Å². The molecule has 23 heavy (non-hydrogen) atoms. The third-order valence-corrected chi connectivity index (χ3v) is 4.05. The zero-order chi connectivity index (χ0) is 16.4. The van der Waals surface area contributed by atoms with E-state index in [-0.39, 0.29) is 17.3 Å². The number of hydrogen-bond acceptors (Lipinski definition) is 3. The number of aromatic nitrogens is 1. The summed E-state index contributed by atoms with van der Waals surface area (Å²) in [5, 5.41) is 2.72. The van der Waals surface area contributed by atoms with E-state index in [1.54, 1.807) is 0 Å². The number of H-pyrrole nitrogens is 1. The zero-order valence-electron chi connectivity index (χ0n) is 12.9. The fourth-order valence-electron chi connectivity index (χ4n) is 2.87. The van der Waals surface area contributed by atoms with Gasteiger partial charge >= 0.3 is 0 Å². The van der Waals surface area contributed by atoms with Crippen molar-refractivity contribution in [3.8, 4) is 0 Å². The molecule has 2 aromatic rings. The Morgan fingerprint density at radius 3 is 2.70 bits per heavy atom. The van der Waals surface area contributed by atoms with E-state index in [1.807, 2.05) is 37.3 Å². The van der Waals surface area contributed by atoms with Gasteiger partial charge in [0.1, 0.15) is 5.56 Å². The highest BCUT2D eigenvalue weighted by molar-refractivity contribution is 6.01. The molecule has 0 spiro atoms. The number of rotatable bonds is 3. The second-order valence-corrected chi connectivity index (χ2v) is 6.01. The molecule has 3 rings (SSSR count). The van der Waals surface area contributed by atoms with Gasteiger partial charge in [0.2, 0.25) is 0 Å². The van der Waals surface area contributed by atoms with Crippen LogP contribution in [-0.2, 0) is 13.0 Å². The van der Waals surface area contributed by atoms with Crippen molar-refractivity contribution in [1.82, 2.24) is 10.3 Å². The van der Waals surface area contributed by atoms with Crippen LogP contribution in [0.2, 0.25) is 0 Å². The van der Waals surface area contributed by atoms with Crippen molar-refractivity contribution in [3.05, 3.63) is 69.1 Å². The first kappa shape index (κ1) is 15.2. The monoisotopic (exact) mass is 310 g/mol. The van der Waals surface area contributed by atoms with Gasteiger partial charge in [-0.3, -0.25) is 14.4 Å². The Morgan fingerprint density at radius 1 is 1.22 bits per heavy atom. The number of fused-ring (bicyclic) bond motifs is 1. The number of amides is 1.